The minimum atomic E-state index is -0.00665. The Hall–Kier alpha value is -1.14. The van der Waals surface area contributed by atoms with Gasteiger partial charge in [-0.05, 0) is 26.7 Å². The van der Waals surface area contributed by atoms with Crippen molar-refractivity contribution in [3.8, 4) is 0 Å². The van der Waals surface area contributed by atoms with Gasteiger partial charge in [-0.3, -0.25) is 14.5 Å². The molecule has 3 N–H and O–H groups in total. The summed E-state index contributed by atoms with van der Waals surface area (Å²) in [4.78, 5) is 27.4. The Morgan fingerprint density at radius 2 is 1.85 bits per heavy atom. The van der Waals surface area contributed by atoms with E-state index in [1.54, 1.807) is 4.90 Å². The molecule has 2 amide bonds. The smallest absolute Gasteiger partial charge is 0.234 e. The van der Waals surface area contributed by atoms with E-state index in [0.717, 1.165) is 39.0 Å². The number of rotatable bonds is 7. The molecule has 0 bridgehead atoms. The lowest BCUT2D eigenvalue weighted by atomic mass is 10.1. The van der Waals surface area contributed by atoms with Crippen LogP contribution in [0.15, 0.2) is 0 Å². The fraction of sp³-hybridized carbons (Fsp3) is 0.857. The molecule has 0 aliphatic carbocycles. The lowest BCUT2D eigenvalue weighted by molar-refractivity contribution is -0.130. The summed E-state index contributed by atoms with van der Waals surface area (Å²) in [5.74, 6) is 0.0899. The molecule has 0 unspecified atom stereocenters. The maximum Gasteiger partial charge on any atom is 0.234 e. The van der Waals surface area contributed by atoms with Crippen LogP contribution in [0.4, 0.5) is 0 Å². The Balaban J connectivity index is 2.15. The van der Waals surface area contributed by atoms with Gasteiger partial charge < -0.3 is 16.0 Å². The molecule has 116 valence electrons. The van der Waals surface area contributed by atoms with Crippen LogP contribution in [0.25, 0.3) is 0 Å². The Bertz CT molecular complexity index is 310. The molecular weight excluding hydrogens is 256 g/mol. The van der Waals surface area contributed by atoms with E-state index >= 15 is 0 Å². The van der Waals surface area contributed by atoms with Crippen LogP contribution in [0, 0.1) is 0 Å². The molecule has 1 fully saturated rings. The van der Waals surface area contributed by atoms with E-state index in [-0.39, 0.29) is 17.9 Å². The summed E-state index contributed by atoms with van der Waals surface area (Å²) in [6.45, 7) is 7.95. The van der Waals surface area contributed by atoms with Gasteiger partial charge in [-0.1, -0.05) is 0 Å². The summed E-state index contributed by atoms with van der Waals surface area (Å²) >= 11 is 0. The van der Waals surface area contributed by atoms with Crippen LogP contribution in [0.1, 0.15) is 33.1 Å². The van der Waals surface area contributed by atoms with E-state index < -0.39 is 0 Å². The Kier molecular flexibility index (Phi) is 7.54. The van der Waals surface area contributed by atoms with Gasteiger partial charge in [-0.2, -0.15) is 0 Å². The van der Waals surface area contributed by atoms with Gasteiger partial charge in [0.15, 0.2) is 0 Å². The summed E-state index contributed by atoms with van der Waals surface area (Å²) in [6.07, 6.45) is 2.28. The Labute approximate surface area is 121 Å². The van der Waals surface area contributed by atoms with Crippen molar-refractivity contribution in [1.29, 1.82) is 0 Å². The highest BCUT2D eigenvalue weighted by Crippen LogP contribution is 2.07. The predicted molar refractivity (Wildman–Crippen MR) is 79.2 cm³/mol. The van der Waals surface area contributed by atoms with Crippen LogP contribution in [0.5, 0.6) is 0 Å². The number of nitrogens with zero attached hydrogens (tertiary/aromatic N) is 2. The molecule has 1 aliphatic heterocycles. The molecule has 0 aromatic carbocycles. The van der Waals surface area contributed by atoms with E-state index in [1.165, 1.54) is 0 Å². The topological polar surface area (TPSA) is 78.7 Å². The molecule has 6 heteroatoms. The van der Waals surface area contributed by atoms with E-state index in [0.29, 0.717) is 19.5 Å². The Morgan fingerprint density at radius 1 is 1.25 bits per heavy atom. The second-order valence-electron chi connectivity index (χ2n) is 5.28. The third kappa shape index (κ3) is 5.88. The van der Waals surface area contributed by atoms with Gasteiger partial charge in [0.2, 0.25) is 11.8 Å². The number of nitrogens with one attached hydrogen (secondary N) is 1. The predicted octanol–water partition coefficient (Wildman–Crippen LogP) is -0.216. The normalized spacial score (nSPS) is 16.9. The SMILES string of the molecule is CCN(CC)C(=O)CCNC(=O)CN1CCC(N)CC1. The zero-order valence-electron chi connectivity index (χ0n) is 12.7. The molecule has 1 saturated heterocycles. The lowest BCUT2D eigenvalue weighted by Gasteiger charge is -2.29. The first-order valence-electron chi connectivity index (χ1n) is 7.59. The molecule has 1 rings (SSSR count). The molecule has 6 nitrogen and oxygen atoms in total. The summed E-state index contributed by atoms with van der Waals surface area (Å²) in [5, 5.41) is 2.82. The number of amides is 2. The van der Waals surface area contributed by atoms with Crippen LogP contribution in [-0.2, 0) is 9.59 Å². The first kappa shape index (κ1) is 16.9. The zero-order valence-corrected chi connectivity index (χ0v) is 12.7. The van der Waals surface area contributed by atoms with Gasteiger partial charge in [0, 0.05) is 45.2 Å². The van der Waals surface area contributed by atoms with Crippen LogP contribution in [-0.4, -0.2) is 66.9 Å². The molecule has 0 atom stereocenters. The van der Waals surface area contributed by atoms with Gasteiger partial charge in [0.1, 0.15) is 0 Å². The molecule has 0 spiro atoms. The summed E-state index contributed by atoms with van der Waals surface area (Å²) in [7, 11) is 0. The van der Waals surface area contributed by atoms with Gasteiger partial charge in [0.25, 0.3) is 0 Å². The maximum atomic E-state index is 11.8. The minimum absolute atomic E-state index is 0.00665. The first-order chi connectivity index (χ1) is 9.56. The minimum Gasteiger partial charge on any atom is -0.354 e. The molecule has 20 heavy (non-hydrogen) atoms. The van der Waals surface area contributed by atoms with Crippen LogP contribution in [0.2, 0.25) is 0 Å². The Morgan fingerprint density at radius 3 is 2.40 bits per heavy atom. The average molecular weight is 284 g/mol. The van der Waals surface area contributed by atoms with Gasteiger partial charge in [-0.25, -0.2) is 0 Å². The van der Waals surface area contributed by atoms with Crippen LogP contribution in [0.3, 0.4) is 0 Å². The second kappa shape index (κ2) is 8.92. The van der Waals surface area contributed by atoms with Crippen LogP contribution >= 0.6 is 0 Å². The molecule has 0 aromatic rings. The van der Waals surface area contributed by atoms with Crippen molar-refractivity contribution in [1.82, 2.24) is 15.1 Å². The zero-order chi connectivity index (χ0) is 15.0. The fourth-order valence-electron chi connectivity index (χ4n) is 2.41. The fourth-order valence-corrected chi connectivity index (χ4v) is 2.41. The number of nitrogens with two attached hydrogens (primary N) is 1. The summed E-state index contributed by atoms with van der Waals surface area (Å²) in [6, 6.07) is 0.279. The molecule has 1 aliphatic rings. The summed E-state index contributed by atoms with van der Waals surface area (Å²) < 4.78 is 0. The first-order valence-corrected chi connectivity index (χ1v) is 7.59. The maximum absolute atomic E-state index is 11.8. The quantitative estimate of drug-likeness (QED) is 0.678. The third-order valence-corrected chi connectivity index (χ3v) is 3.78. The van der Waals surface area contributed by atoms with Gasteiger partial charge in [-0.15, -0.1) is 0 Å². The average Bonchev–Trinajstić information content (AvgIpc) is 2.43. The number of piperidine rings is 1. The van der Waals surface area contributed by atoms with E-state index in [2.05, 4.69) is 10.2 Å². The largest absolute Gasteiger partial charge is 0.354 e. The molecule has 1 heterocycles. The van der Waals surface area contributed by atoms with Crippen LogP contribution < -0.4 is 11.1 Å². The highest BCUT2D eigenvalue weighted by atomic mass is 16.2. The van der Waals surface area contributed by atoms with Crippen molar-refractivity contribution in [2.75, 3.05) is 39.3 Å². The van der Waals surface area contributed by atoms with Gasteiger partial charge >= 0.3 is 0 Å². The van der Waals surface area contributed by atoms with Gasteiger partial charge in [0.05, 0.1) is 6.54 Å². The van der Waals surface area contributed by atoms with Crippen molar-refractivity contribution in [3.63, 3.8) is 0 Å². The summed E-state index contributed by atoms with van der Waals surface area (Å²) in [5.41, 5.74) is 5.83. The molecule has 0 aromatic heterocycles. The molecule has 0 radical (unpaired) electrons. The lowest BCUT2D eigenvalue weighted by Crippen LogP contribution is -2.45. The molecular formula is C14H28N4O2. The van der Waals surface area contributed by atoms with Crippen molar-refractivity contribution < 1.29 is 9.59 Å². The molecule has 0 saturated carbocycles. The second-order valence-corrected chi connectivity index (χ2v) is 5.28. The van der Waals surface area contributed by atoms with E-state index in [9.17, 15) is 9.59 Å². The number of likely N-dealkylation sites (tertiary alicyclic amines) is 1. The van der Waals surface area contributed by atoms with Crippen molar-refractivity contribution >= 4 is 11.8 Å². The number of carbonyl (C=O) groups is 2. The van der Waals surface area contributed by atoms with E-state index in [4.69, 9.17) is 5.73 Å². The third-order valence-electron chi connectivity index (χ3n) is 3.78. The van der Waals surface area contributed by atoms with Crippen molar-refractivity contribution in [2.24, 2.45) is 5.73 Å². The number of hydrogen-bond donors (Lipinski definition) is 2. The van der Waals surface area contributed by atoms with Crippen molar-refractivity contribution in [2.45, 2.75) is 39.2 Å². The standard InChI is InChI=1S/C14H28N4O2/c1-3-18(4-2)14(20)5-8-16-13(19)11-17-9-6-12(15)7-10-17/h12H,3-11,15H2,1-2H3,(H,16,19). The number of hydrogen-bond acceptors (Lipinski definition) is 4. The highest BCUT2D eigenvalue weighted by molar-refractivity contribution is 5.80. The number of carbonyl (C=O) groups excluding carboxylic acids is 2. The highest BCUT2D eigenvalue weighted by Gasteiger charge is 2.18. The van der Waals surface area contributed by atoms with Crippen molar-refractivity contribution in [3.05, 3.63) is 0 Å². The van der Waals surface area contributed by atoms with E-state index in [1.807, 2.05) is 13.8 Å². The monoisotopic (exact) mass is 284 g/mol.